The maximum atomic E-state index is 9.77. The summed E-state index contributed by atoms with van der Waals surface area (Å²) < 4.78 is 1.73. The zero-order valence-corrected chi connectivity index (χ0v) is 21.3. The van der Waals surface area contributed by atoms with Crippen LogP contribution >= 0.6 is 23.2 Å². The van der Waals surface area contributed by atoms with Crippen LogP contribution in [0.4, 0.5) is 0 Å². The van der Waals surface area contributed by atoms with Gasteiger partial charge in [0.25, 0.3) is 0 Å². The molecule has 0 bridgehead atoms. The number of nitriles is 1. The van der Waals surface area contributed by atoms with Crippen molar-refractivity contribution in [3.8, 4) is 6.07 Å². The Kier molecular flexibility index (Phi) is 6.82. The summed E-state index contributed by atoms with van der Waals surface area (Å²) in [7, 11) is 0. The van der Waals surface area contributed by atoms with Gasteiger partial charge in [-0.3, -0.25) is 4.90 Å². The zero-order chi connectivity index (χ0) is 24.7. The SMILES string of the molecule is CC1C=C(c2cnc3c(C#N)nn(C(C)c4ccc(Cl)cc4Cl)c3n2)CCC1N1CCCC1CO. The summed E-state index contributed by atoms with van der Waals surface area (Å²) in [5.41, 5.74) is 4.10. The molecule has 2 aromatic heterocycles. The van der Waals surface area contributed by atoms with Gasteiger partial charge < -0.3 is 5.11 Å². The summed E-state index contributed by atoms with van der Waals surface area (Å²) in [5.74, 6) is 0.342. The minimum absolute atomic E-state index is 0.225. The summed E-state index contributed by atoms with van der Waals surface area (Å²) in [6, 6.07) is 7.95. The Morgan fingerprint density at radius 3 is 2.83 bits per heavy atom. The van der Waals surface area contributed by atoms with Gasteiger partial charge >= 0.3 is 0 Å². The van der Waals surface area contributed by atoms with E-state index in [4.69, 9.17) is 28.2 Å². The van der Waals surface area contributed by atoms with E-state index in [1.807, 2.05) is 13.0 Å². The third-order valence-corrected chi connectivity index (χ3v) is 8.02. The Bertz CT molecular complexity index is 1330. The molecule has 2 aliphatic rings. The van der Waals surface area contributed by atoms with Crippen LogP contribution in [-0.2, 0) is 0 Å². The van der Waals surface area contributed by atoms with E-state index in [0.29, 0.717) is 33.2 Å². The number of hydrogen-bond acceptors (Lipinski definition) is 6. The van der Waals surface area contributed by atoms with E-state index in [0.717, 1.165) is 49.1 Å². The number of aromatic nitrogens is 4. The molecule has 4 atom stereocenters. The van der Waals surface area contributed by atoms with Gasteiger partial charge in [-0.2, -0.15) is 10.4 Å². The molecule has 0 amide bonds. The van der Waals surface area contributed by atoms with Gasteiger partial charge in [0.2, 0.25) is 0 Å². The van der Waals surface area contributed by atoms with Gasteiger partial charge in [-0.1, -0.05) is 42.3 Å². The molecule has 1 saturated heterocycles. The lowest BCUT2D eigenvalue weighted by Crippen LogP contribution is -2.45. The molecule has 1 N–H and O–H groups in total. The van der Waals surface area contributed by atoms with E-state index in [1.54, 1.807) is 23.0 Å². The first-order valence-electron chi connectivity index (χ1n) is 12.1. The lowest BCUT2D eigenvalue weighted by Gasteiger charge is -2.38. The van der Waals surface area contributed by atoms with E-state index in [-0.39, 0.29) is 24.4 Å². The van der Waals surface area contributed by atoms with E-state index in [2.05, 4.69) is 34.1 Å². The van der Waals surface area contributed by atoms with Gasteiger partial charge in [-0.25, -0.2) is 14.6 Å². The molecule has 9 heteroatoms. The molecule has 0 saturated carbocycles. The fourth-order valence-corrected chi connectivity index (χ4v) is 6.20. The second-order valence-corrected chi connectivity index (χ2v) is 10.4. The first-order chi connectivity index (χ1) is 16.9. The van der Waals surface area contributed by atoms with Crippen molar-refractivity contribution in [3.05, 3.63) is 57.5 Å². The highest BCUT2D eigenvalue weighted by molar-refractivity contribution is 6.35. The Hall–Kier alpha value is -2.50. The molecule has 3 aromatic rings. The van der Waals surface area contributed by atoms with Crippen molar-refractivity contribution < 1.29 is 5.11 Å². The number of aliphatic hydroxyl groups excluding tert-OH is 1. The molecule has 0 radical (unpaired) electrons. The summed E-state index contributed by atoms with van der Waals surface area (Å²) >= 11 is 12.5. The molecular weight excluding hydrogens is 483 g/mol. The Morgan fingerprint density at radius 1 is 1.29 bits per heavy atom. The fourth-order valence-electron chi connectivity index (χ4n) is 5.63. The topological polar surface area (TPSA) is 90.9 Å². The van der Waals surface area contributed by atoms with Crippen LogP contribution in [-0.4, -0.2) is 55.0 Å². The monoisotopic (exact) mass is 510 g/mol. The first kappa shape index (κ1) is 24.2. The van der Waals surface area contributed by atoms with E-state index in [1.165, 1.54) is 0 Å². The number of hydrogen-bond donors (Lipinski definition) is 1. The Labute approximate surface area is 215 Å². The predicted molar refractivity (Wildman–Crippen MR) is 137 cm³/mol. The van der Waals surface area contributed by atoms with Crippen molar-refractivity contribution in [3.63, 3.8) is 0 Å². The molecule has 3 heterocycles. The second kappa shape index (κ2) is 9.87. The standard InChI is InChI=1S/C26H28Cl2N6O/c1-15-10-17(5-8-24(15)33-9-3-4-19(33)14-35)23-13-30-25-22(12-29)32-34(26(25)31-23)16(2)20-7-6-18(27)11-21(20)28/h6-7,10-11,13,15-16,19,24,35H,3-5,8-9,14H2,1-2H3. The van der Waals surface area contributed by atoms with Crippen molar-refractivity contribution in [1.82, 2.24) is 24.6 Å². The molecule has 4 unspecified atom stereocenters. The molecule has 182 valence electrons. The van der Waals surface area contributed by atoms with Gasteiger partial charge in [-0.15, -0.1) is 0 Å². The van der Waals surface area contributed by atoms with Crippen LogP contribution in [0.1, 0.15) is 62.5 Å². The maximum Gasteiger partial charge on any atom is 0.190 e. The van der Waals surface area contributed by atoms with E-state index >= 15 is 0 Å². The lowest BCUT2D eigenvalue weighted by atomic mass is 9.84. The molecule has 5 rings (SSSR count). The van der Waals surface area contributed by atoms with Crippen LogP contribution < -0.4 is 0 Å². The number of fused-ring (bicyclic) bond motifs is 1. The summed E-state index contributed by atoms with van der Waals surface area (Å²) in [4.78, 5) is 12.0. The van der Waals surface area contributed by atoms with Crippen molar-refractivity contribution >= 4 is 39.9 Å². The number of nitrogens with zero attached hydrogens (tertiary/aromatic N) is 6. The summed E-state index contributed by atoms with van der Waals surface area (Å²) in [5, 5.41) is 25.0. The molecule has 1 aliphatic heterocycles. The zero-order valence-electron chi connectivity index (χ0n) is 19.8. The highest BCUT2D eigenvalue weighted by Gasteiger charge is 2.34. The van der Waals surface area contributed by atoms with Crippen LogP contribution in [0.5, 0.6) is 0 Å². The minimum Gasteiger partial charge on any atom is -0.395 e. The van der Waals surface area contributed by atoms with Crippen LogP contribution in [0.3, 0.4) is 0 Å². The number of likely N-dealkylation sites (tertiary alicyclic amines) is 1. The summed E-state index contributed by atoms with van der Waals surface area (Å²) in [6.07, 6.45) is 8.17. The van der Waals surface area contributed by atoms with Crippen molar-refractivity contribution in [1.29, 1.82) is 5.26 Å². The maximum absolute atomic E-state index is 9.77. The molecule has 0 spiro atoms. The molecule has 1 aliphatic carbocycles. The van der Waals surface area contributed by atoms with Gasteiger partial charge in [0.05, 0.1) is 24.5 Å². The molecular formula is C26H28Cl2N6O. The third-order valence-electron chi connectivity index (χ3n) is 7.46. The van der Waals surface area contributed by atoms with E-state index < -0.39 is 0 Å². The van der Waals surface area contributed by atoms with Crippen LogP contribution in [0.15, 0.2) is 30.5 Å². The van der Waals surface area contributed by atoms with Crippen LogP contribution in [0.25, 0.3) is 16.7 Å². The third kappa shape index (κ3) is 4.45. The smallest absolute Gasteiger partial charge is 0.190 e. The number of aliphatic hydroxyl groups is 1. The number of allylic oxidation sites excluding steroid dienone is 1. The highest BCUT2D eigenvalue weighted by Crippen LogP contribution is 2.36. The first-order valence-corrected chi connectivity index (χ1v) is 12.8. The largest absolute Gasteiger partial charge is 0.395 e. The van der Waals surface area contributed by atoms with Crippen LogP contribution in [0, 0.1) is 17.2 Å². The van der Waals surface area contributed by atoms with Crippen molar-refractivity contribution in [2.75, 3.05) is 13.2 Å². The van der Waals surface area contributed by atoms with Gasteiger partial charge in [0, 0.05) is 22.1 Å². The van der Waals surface area contributed by atoms with Gasteiger partial charge in [0.1, 0.15) is 11.6 Å². The van der Waals surface area contributed by atoms with Crippen LogP contribution in [0.2, 0.25) is 10.0 Å². The van der Waals surface area contributed by atoms with E-state index in [9.17, 15) is 10.4 Å². The second-order valence-electron chi connectivity index (χ2n) is 9.55. The van der Waals surface area contributed by atoms with Crippen molar-refractivity contribution in [2.45, 2.75) is 57.7 Å². The number of rotatable bonds is 5. The summed E-state index contributed by atoms with van der Waals surface area (Å²) in [6.45, 7) is 5.49. The number of halogens is 2. The molecule has 1 fully saturated rings. The average Bonchev–Trinajstić information content (AvgIpc) is 3.47. The molecule has 35 heavy (non-hydrogen) atoms. The average molecular weight is 511 g/mol. The lowest BCUT2D eigenvalue weighted by molar-refractivity contribution is 0.0950. The Morgan fingerprint density at radius 2 is 2.11 bits per heavy atom. The molecule has 1 aromatic carbocycles. The van der Waals surface area contributed by atoms with Gasteiger partial charge in [0.15, 0.2) is 11.3 Å². The fraction of sp³-hybridized carbons (Fsp3) is 0.462. The number of benzene rings is 1. The van der Waals surface area contributed by atoms with Crippen molar-refractivity contribution in [2.24, 2.45) is 5.92 Å². The highest BCUT2D eigenvalue weighted by atomic mass is 35.5. The molecule has 7 nitrogen and oxygen atoms in total. The normalized spacial score (nSPS) is 23.9. The van der Waals surface area contributed by atoms with Gasteiger partial charge in [-0.05, 0) is 68.3 Å². The minimum atomic E-state index is -0.261. The Balaban J connectivity index is 1.50. The predicted octanol–water partition coefficient (Wildman–Crippen LogP) is 5.25. The quantitative estimate of drug-likeness (QED) is 0.503.